The maximum Gasteiger partial charge on any atom is 0.0620 e. The zero-order valence-corrected chi connectivity index (χ0v) is 12.4. The lowest BCUT2D eigenvalue weighted by molar-refractivity contribution is 0.175. The molecular formula is C19H17ClO. The minimum absolute atomic E-state index is 0.398. The van der Waals surface area contributed by atoms with Gasteiger partial charge in [0.25, 0.3) is 0 Å². The molecule has 0 saturated heterocycles. The van der Waals surface area contributed by atoms with E-state index < -0.39 is 6.10 Å². The van der Waals surface area contributed by atoms with Crippen molar-refractivity contribution in [1.82, 2.24) is 0 Å². The topological polar surface area (TPSA) is 20.2 Å². The summed E-state index contributed by atoms with van der Waals surface area (Å²) in [7, 11) is 0. The molecule has 0 fully saturated rings. The van der Waals surface area contributed by atoms with Crippen molar-refractivity contribution in [2.24, 2.45) is 0 Å². The zero-order valence-electron chi connectivity index (χ0n) is 11.7. The van der Waals surface area contributed by atoms with E-state index in [0.29, 0.717) is 17.9 Å². The first kappa shape index (κ1) is 14.1. The van der Waals surface area contributed by atoms with Gasteiger partial charge in [0.15, 0.2) is 0 Å². The molecule has 1 N–H and O–H groups in total. The van der Waals surface area contributed by atoms with Crippen LogP contribution in [-0.4, -0.2) is 11.2 Å². The molecule has 1 unspecified atom stereocenters. The van der Waals surface area contributed by atoms with Crippen LogP contribution in [0.5, 0.6) is 0 Å². The number of hydrogen-bond acceptors (Lipinski definition) is 1. The Morgan fingerprint density at radius 3 is 2.24 bits per heavy atom. The molecule has 2 heteroatoms. The molecule has 106 valence electrons. The average Bonchev–Trinajstić information content (AvgIpc) is 2.47. The fourth-order valence-corrected chi connectivity index (χ4v) is 2.86. The predicted molar refractivity (Wildman–Crippen MR) is 88.8 cm³/mol. The minimum Gasteiger partial charge on any atom is -0.392 e. The largest absolute Gasteiger partial charge is 0.392 e. The second kappa shape index (κ2) is 6.30. The van der Waals surface area contributed by atoms with Gasteiger partial charge in [0, 0.05) is 5.02 Å². The molecule has 1 atom stereocenters. The molecule has 0 saturated carbocycles. The van der Waals surface area contributed by atoms with Gasteiger partial charge in [-0.3, -0.25) is 0 Å². The fourth-order valence-electron chi connectivity index (χ4n) is 2.65. The van der Waals surface area contributed by atoms with E-state index in [0.717, 1.165) is 11.1 Å². The summed E-state index contributed by atoms with van der Waals surface area (Å²) in [6.45, 7) is 0. The Kier molecular flexibility index (Phi) is 4.23. The summed E-state index contributed by atoms with van der Waals surface area (Å²) >= 11 is 5.97. The van der Waals surface area contributed by atoms with Crippen molar-refractivity contribution in [3.63, 3.8) is 0 Å². The van der Waals surface area contributed by atoms with E-state index in [-0.39, 0.29) is 0 Å². The van der Waals surface area contributed by atoms with E-state index in [1.807, 2.05) is 36.4 Å². The van der Waals surface area contributed by atoms with Gasteiger partial charge < -0.3 is 5.11 Å². The molecule has 21 heavy (non-hydrogen) atoms. The third-order valence-corrected chi connectivity index (χ3v) is 3.88. The highest BCUT2D eigenvalue weighted by atomic mass is 35.5. The van der Waals surface area contributed by atoms with E-state index in [9.17, 15) is 5.11 Å². The lowest BCUT2D eigenvalue weighted by Crippen LogP contribution is -2.13. The molecule has 3 aromatic carbocycles. The van der Waals surface area contributed by atoms with Crippen LogP contribution >= 0.6 is 11.6 Å². The van der Waals surface area contributed by atoms with Crippen molar-refractivity contribution >= 4 is 22.4 Å². The molecule has 0 bridgehead atoms. The highest BCUT2D eigenvalue weighted by molar-refractivity contribution is 6.30. The molecule has 0 aliphatic carbocycles. The van der Waals surface area contributed by atoms with E-state index in [1.54, 1.807) is 0 Å². The van der Waals surface area contributed by atoms with Gasteiger partial charge in [-0.15, -0.1) is 0 Å². The third kappa shape index (κ3) is 3.63. The SMILES string of the molecule is OC(Cc1cccc(Cl)c1)Cc1ccc2ccccc2c1. The molecule has 0 heterocycles. The smallest absolute Gasteiger partial charge is 0.0620 e. The summed E-state index contributed by atoms with van der Waals surface area (Å²) in [6.07, 6.45) is 0.870. The number of aliphatic hydroxyl groups is 1. The van der Waals surface area contributed by atoms with Crippen LogP contribution in [0, 0.1) is 0 Å². The predicted octanol–water partition coefficient (Wildman–Crippen LogP) is 4.64. The van der Waals surface area contributed by atoms with E-state index in [4.69, 9.17) is 11.6 Å². The molecule has 0 spiro atoms. The lowest BCUT2D eigenvalue weighted by atomic mass is 9.99. The van der Waals surface area contributed by atoms with Crippen molar-refractivity contribution in [3.8, 4) is 0 Å². The van der Waals surface area contributed by atoms with E-state index in [1.165, 1.54) is 10.8 Å². The Morgan fingerprint density at radius 2 is 1.48 bits per heavy atom. The highest BCUT2D eigenvalue weighted by Gasteiger charge is 2.08. The summed E-state index contributed by atoms with van der Waals surface area (Å²) in [4.78, 5) is 0. The number of hydrogen-bond donors (Lipinski definition) is 1. The molecule has 3 aromatic rings. The Bertz CT molecular complexity index is 751. The summed E-state index contributed by atoms with van der Waals surface area (Å²) in [5.74, 6) is 0. The Labute approximate surface area is 129 Å². The van der Waals surface area contributed by atoms with Crippen molar-refractivity contribution in [2.75, 3.05) is 0 Å². The van der Waals surface area contributed by atoms with E-state index >= 15 is 0 Å². The van der Waals surface area contributed by atoms with Gasteiger partial charge in [0.05, 0.1) is 6.10 Å². The Morgan fingerprint density at radius 1 is 0.762 bits per heavy atom. The molecule has 1 nitrogen and oxygen atoms in total. The van der Waals surface area contributed by atoms with Crippen molar-refractivity contribution in [1.29, 1.82) is 0 Å². The van der Waals surface area contributed by atoms with Crippen LogP contribution in [0.15, 0.2) is 66.7 Å². The van der Waals surface area contributed by atoms with Gasteiger partial charge in [-0.1, -0.05) is 66.2 Å². The highest BCUT2D eigenvalue weighted by Crippen LogP contribution is 2.18. The number of halogens is 1. The summed E-state index contributed by atoms with van der Waals surface area (Å²) in [5, 5.41) is 13.4. The average molecular weight is 297 g/mol. The number of aliphatic hydroxyl groups excluding tert-OH is 1. The summed E-state index contributed by atoms with van der Waals surface area (Å²) < 4.78 is 0. The van der Waals surface area contributed by atoms with Gasteiger partial charge in [0.1, 0.15) is 0 Å². The minimum atomic E-state index is -0.398. The fraction of sp³-hybridized carbons (Fsp3) is 0.158. The van der Waals surface area contributed by atoms with E-state index in [2.05, 4.69) is 30.3 Å². The maximum absolute atomic E-state index is 10.3. The number of benzene rings is 3. The molecule has 0 aliphatic heterocycles. The quantitative estimate of drug-likeness (QED) is 0.743. The van der Waals surface area contributed by atoms with Crippen LogP contribution < -0.4 is 0 Å². The standard InChI is InChI=1S/C19H17ClO/c20-18-7-3-4-14(11-18)12-19(21)13-15-8-9-16-5-1-2-6-17(16)10-15/h1-11,19,21H,12-13H2. The first-order chi connectivity index (χ1) is 10.2. The molecule has 0 aromatic heterocycles. The summed E-state index contributed by atoms with van der Waals surface area (Å²) in [6, 6.07) is 22.3. The third-order valence-electron chi connectivity index (χ3n) is 3.65. The molecule has 0 aliphatic rings. The maximum atomic E-state index is 10.3. The lowest BCUT2D eigenvalue weighted by Gasteiger charge is -2.11. The van der Waals surface area contributed by atoms with Crippen LogP contribution in [0.3, 0.4) is 0 Å². The summed E-state index contributed by atoms with van der Waals surface area (Å²) in [5.41, 5.74) is 2.22. The normalized spacial score (nSPS) is 12.5. The van der Waals surface area contributed by atoms with Crippen LogP contribution in [0.2, 0.25) is 5.02 Å². The van der Waals surface area contributed by atoms with Crippen molar-refractivity contribution in [3.05, 3.63) is 82.9 Å². The van der Waals surface area contributed by atoms with Gasteiger partial charge in [-0.25, -0.2) is 0 Å². The van der Waals surface area contributed by atoms with Crippen LogP contribution in [0.4, 0.5) is 0 Å². The molecule has 3 rings (SSSR count). The Balaban J connectivity index is 1.72. The molecule has 0 amide bonds. The Hall–Kier alpha value is -1.83. The van der Waals surface area contributed by atoms with Crippen molar-refractivity contribution in [2.45, 2.75) is 18.9 Å². The molecular weight excluding hydrogens is 280 g/mol. The first-order valence-corrected chi connectivity index (χ1v) is 7.49. The van der Waals surface area contributed by atoms with Gasteiger partial charge in [0.2, 0.25) is 0 Å². The number of rotatable bonds is 4. The van der Waals surface area contributed by atoms with Crippen LogP contribution in [0.25, 0.3) is 10.8 Å². The van der Waals surface area contributed by atoms with Gasteiger partial charge in [-0.2, -0.15) is 0 Å². The zero-order chi connectivity index (χ0) is 14.7. The first-order valence-electron chi connectivity index (χ1n) is 7.11. The monoisotopic (exact) mass is 296 g/mol. The second-order valence-electron chi connectivity index (χ2n) is 5.37. The van der Waals surface area contributed by atoms with Crippen LogP contribution in [-0.2, 0) is 12.8 Å². The van der Waals surface area contributed by atoms with Gasteiger partial charge in [-0.05, 0) is 46.9 Å². The van der Waals surface area contributed by atoms with Crippen molar-refractivity contribution < 1.29 is 5.11 Å². The number of fused-ring (bicyclic) bond motifs is 1. The molecule has 0 radical (unpaired) electrons. The second-order valence-corrected chi connectivity index (χ2v) is 5.81. The van der Waals surface area contributed by atoms with Gasteiger partial charge >= 0.3 is 0 Å². The van der Waals surface area contributed by atoms with Crippen LogP contribution in [0.1, 0.15) is 11.1 Å².